The van der Waals surface area contributed by atoms with Gasteiger partial charge < -0.3 is 25.0 Å². The quantitative estimate of drug-likeness (QED) is 0.291. The van der Waals surface area contributed by atoms with Gasteiger partial charge in [-0.25, -0.2) is 0 Å². The second kappa shape index (κ2) is 13.9. The van der Waals surface area contributed by atoms with Gasteiger partial charge in [0.15, 0.2) is 17.5 Å². The van der Waals surface area contributed by atoms with Crippen molar-refractivity contribution in [3.05, 3.63) is 23.8 Å². The highest BCUT2D eigenvalue weighted by molar-refractivity contribution is 14.0. The summed E-state index contributed by atoms with van der Waals surface area (Å²) in [6, 6.07) is 6.18. The minimum Gasteiger partial charge on any atom is -0.490 e. The van der Waals surface area contributed by atoms with Crippen molar-refractivity contribution < 1.29 is 9.47 Å². The summed E-state index contributed by atoms with van der Waals surface area (Å²) in [5.41, 5.74) is 1.22. The molecule has 2 N–H and O–H groups in total. The fourth-order valence-electron chi connectivity index (χ4n) is 3.31. The number of likely N-dealkylation sites (tertiary alicyclic amines) is 1. The second-order valence-corrected chi connectivity index (χ2v) is 6.96. The highest BCUT2D eigenvalue weighted by atomic mass is 127. The van der Waals surface area contributed by atoms with Crippen LogP contribution in [0.4, 0.5) is 0 Å². The van der Waals surface area contributed by atoms with Crippen LogP contribution in [-0.2, 0) is 6.42 Å². The molecular weight excluding hydrogens is 467 g/mol. The second-order valence-electron chi connectivity index (χ2n) is 6.96. The van der Waals surface area contributed by atoms with Gasteiger partial charge in [0.25, 0.3) is 0 Å². The van der Waals surface area contributed by atoms with Crippen LogP contribution in [0.2, 0.25) is 0 Å². The lowest BCUT2D eigenvalue weighted by Gasteiger charge is -2.14. The van der Waals surface area contributed by atoms with E-state index in [1.165, 1.54) is 18.5 Å². The van der Waals surface area contributed by atoms with E-state index in [2.05, 4.69) is 41.6 Å². The molecule has 0 amide bonds. The maximum Gasteiger partial charge on any atom is 0.191 e. The zero-order valence-corrected chi connectivity index (χ0v) is 20.1. The molecule has 7 heteroatoms. The first-order chi connectivity index (χ1) is 13.2. The Kier molecular flexibility index (Phi) is 12.3. The molecule has 1 heterocycles. The molecule has 160 valence electrons. The summed E-state index contributed by atoms with van der Waals surface area (Å²) in [5.74, 6) is 3.21. The number of guanidine groups is 1. The highest BCUT2D eigenvalue weighted by Gasteiger charge is 2.18. The zero-order valence-electron chi connectivity index (χ0n) is 17.8. The SMILES string of the molecule is CCNC(=NCC1CCN(C)C1)NCCc1ccc(OCC)c(OCC)c1.I. The average molecular weight is 504 g/mol. The molecule has 0 spiro atoms. The number of ether oxygens (including phenoxy) is 2. The average Bonchev–Trinajstić information content (AvgIpc) is 3.07. The van der Waals surface area contributed by atoms with Crippen molar-refractivity contribution in [2.75, 3.05) is 53.0 Å². The number of nitrogens with zero attached hydrogens (tertiary/aromatic N) is 2. The van der Waals surface area contributed by atoms with Crippen LogP contribution in [0.3, 0.4) is 0 Å². The predicted octanol–water partition coefficient (Wildman–Crippen LogP) is 3.15. The van der Waals surface area contributed by atoms with Crippen molar-refractivity contribution in [1.82, 2.24) is 15.5 Å². The Morgan fingerprint density at radius 3 is 2.54 bits per heavy atom. The lowest BCUT2D eigenvalue weighted by molar-refractivity contribution is 0.287. The Hall–Kier alpha value is -1.22. The van der Waals surface area contributed by atoms with E-state index >= 15 is 0 Å². The molecule has 1 unspecified atom stereocenters. The number of hydrogen-bond donors (Lipinski definition) is 2. The molecule has 0 saturated carbocycles. The van der Waals surface area contributed by atoms with Gasteiger partial charge in [-0.05, 0) is 70.8 Å². The van der Waals surface area contributed by atoms with E-state index in [4.69, 9.17) is 14.5 Å². The molecule has 0 aliphatic carbocycles. The minimum absolute atomic E-state index is 0. The first kappa shape index (κ1) is 24.8. The maximum absolute atomic E-state index is 5.71. The molecule has 1 fully saturated rings. The molecule has 1 aromatic rings. The highest BCUT2D eigenvalue weighted by Crippen LogP contribution is 2.28. The first-order valence-corrected chi connectivity index (χ1v) is 10.2. The largest absolute Gasteiger partial charge is 0.490 e. The molecule has 1 aromatic carbocycles. The summed E-state index contributed by atoms with van der Waals surface area (Å²) in [4.78, 5) is 7.15. The van der Waals surface area contributed by atoms with E-state index in [0.29, 0.717) is 19.1 Å². The van der Waals surface area contributed by atoms with E-state index in [0.717, 1.165) is 50.1 Å². The Morgan fingerprint density at radius 1 is 1.14 bits per heavy atom. The van der Waals surface area contributed by atoms with Crippen LogP contribution in [0.25, 0.3) is 0 Å². The number of hydrogen-bond acceptors (Lipinski definition) is 4. The smallest absolute Gasteiger partial charge is 0.191 e. The molecule has 0 aromatic heterocycles. The van der Waals surface area contributed by atoms with Crippen LogP contribution < -0.4 is 20.1 Å². The van der Waals surface area contributed by atoms with Crippen molar-refractivity contribution in [2.45, 2.75) is 33.6 Å². The topological polar surface area (TPSA) is 58.1 Å². The molecule has 2 rings (SSSR count). The number of halogens is 1. The van der Waals surface area contributed by atoms with Crippen LogP contribution in [-0.4, -0.2) is 63.8 Å². The van der Waals surface area contributed by atoms with Gasteiger partial charge in [-0.1, -0.05) is 6.07 Å². The number of benzene rings is 1. The van der Waals surface area contributed by atoms with Crippen molar-refractivity contribution in [3.63, 3.8) is 0 Å². The van der Waals surface area contributed by atoms with E-state index in [9.17, 15) is 0 Å². The normalized spacial score (nSPS) is 17.1. The number of aliphatic imine (C=N–C) groups is 1. The lowest BCUT2D eigenvalue weighted by atomic mass is 10.1. The molecule has 1 saturated heterocycles. The molecule has 0 bridgehead atoms. The van der Waals surface area contributed by atoms with Crippen LogP contribution >= 0.6 is 24.0 Å². The standard InChI is InChI=1S/C21H36N4O2.HI/c1-5-22-21(24-15-18-11-13-25(4)16-18)23-12-10-17-8-9-19(26-6-2)20(14-17)27-7-3;/h8-9,14,18H,5-7,10-13,15-16H2,1-4H3,(H2,22,23,24);1H. The predicted molar refractivity (Wildman–Crippen MR) is 127 cm³/mol. The van der Waals surface area contributed by atoms with Gasteiger partial charge in [-0.3, -0.25) is 4.99 Å². The fraction of sp³-hybridized carbons (Fsp3) is 0.667. The first-order valence-electron chi connectivity index (χ1n) is 10.2. The van der Waals surface area contributed by atoms with Gasteiger partial charge in [0, 0.05) is 26.2 Å². The Morgan fingerprint density at radius 2 is 1.89 bits per heavy atom. The Balaban J connectivity index is 0.00000392. The minimum atomic E-state index is 0. The molecule has 0 radical (unpaired) electrons. The molecular formula is C21H37IN4O2. The summed E-state index contributed by atoms with van der Waals surface area (Å²) >= 11 is 0. The monoisotopic (exact) mass is 504 g/mol. The van der Waals surface area contributed by atoms with Gasteiger partial charge in [0.05, 0.1) is 13.2 Å². The van der Waals surface area contributed by atoms with Crippen LogP contribution in [0.1, 0.15) is 32.8 Å². The molecule has 1 aliphatic heterocycles. The van der Waals surface area contributed by atoms with E-state index in [1.807, 2.05) is 19.9 Å². The number of nitrogens with one attached hydrogen (secondary N) is 2. The van der Waals surface area contributed by atoms with Crippen molar-refractivity contribution in [1.29, 1.82) is 0 Å². The molecule has 1 atom stereocenters. The van der Waals surface area contributed by atoms with Crippen LogP contribution in [0.5, 0.6) is 11.5 Å². The molecule has 28 heavy (non-hydrogen) atoms. The zero-order chi connectivity index (χ0) is 19.5. The summed E-state index contributed by atoms with van der Waals surface area (Å²) in [7, 11) is 2.18. The fourth-order valence-corrected chi connectivity index (χ4v) is 3.31. The van der Waals surface area contributed by atoms with Crippen molar-refractivity contribution >= 4 is 29.9 Å². The van der Waals surface area contributed by atoms with Crippen LogP contribution in [0, 0.1) is 5.92 Å². The van der Waals surface area contributed by atoms with Gasteiger partial charge >= 0.3 is 0 Å². The van der Waals surface area contributed by atoms with E-state index in [-0.39, 0.29) is 24.0 Å². The van der Waals surface area contributed by atoms with Gasteiger partial charge in [-0.15, -0.1) is 24.0 Å². The third kappa shape index (κ3) is 8.43. The van der Waals surface area contributed by atoms with Gasteiger partial charge in [0.1, 0.15) is 0 Å². The van der Waals surface area contributed by atoms with Crippen molar-refractivity contribution in [3.8, 4) is 11.5 Å². The molecule has 1 aliphatic rings. The third-order valence-corrected chi connectivity index (χ3v) is 4.65. The van der Waals surface area contributed by atoms with E-state index in [1.54, 1.807) is 0 Å². The maximum atomic E-state index is 5.71. The van der Waals surface area contributed by atoms with Gasteiger partial charge in [-0.2, -0.15) is 0 Å². The Bertz CT molecular complexity index is 598. The van der Waals surface area contributed by atoms with Crippen LogP contribution in [0.15, 0.2) is 23.2 Å². The lowest BCUT2D eigenvalue weighted by Crippen LogP contribution is -2.38. The summed E-state index contributed by atoms with van der Waals surface area (Å²) in [5, 5.41) is 6.79. The van der Waals surface area contributed by atoms with Crippen molar-refractivity contribution in [2.24, 2.45) is 10.9 Å². The number of rotatable bonds is 10. The van der Waals surface area contributed by atoms with E-state index < -0.39 is 0 Å². The molecule has 6 nitrogen and oxygen atoms in total. The Labute approximate surface area is 187 Å². The third-order valence-electron chi connectivity index (χ3n) is 4.65. The summed E-state index contributed by atoms with van der Waals surface area (Å²) in [6.07, 6.45) is 2.15. The summed E-state index contributed by atoms with van der Waals surface area (Å²) in [6.45, 7) is 12.3. The van der Waals surface area contributed by atoms with Gasteiger partial charge in [0.2, 0.25) is 0 Å². The summed E-state index contributed by atoms with van der Waals surface area (Å²) < 4.78 is 11.3.